The van der Waals surface area contributed by atoms with Crippen molar-refractivity contribution in [1.82, 2.24) is 14.5 Å². The van der Waals surface area contributed by atoms with Crippen LogP contribution in [-0.2, 0) is 0 Å². The monoisotopic (exact) mass is 294 g/mol. The lowest BCUT2D eigenvalue weighted by atomic mass is 10.1. The zero-order chi connectivity index (χ0) is 12.0. The first-order valence-electron chi connectivity index (χ1n) is 5.96. The SMILES string of the molecule is CC1CCCC1n1c(N)nc2cc(Br)cnc21. The van der Waals surface area contributed by atoms with Gasteiger partial charge in [-0.3, -0.25) is 4.57 Å². The van der Waals surface area contributed by atoms with Gasteiger partial charge in [0, 0.05) is 16.7 Å². The van der Waals surface area contributed by atoms with Gasteiger partial charge >= 0.3 is 0 Å². The first-order chi connectivity index (χ1) is 8.16. The molecule has 0 bridgehead atoms. The Labute approximate surface area is 108 Å². The second kappa shape index (κ2) is 3.98. The van der Waals surface area contributed by atoms with Crippen molar-refractivity contribution < 1.29 is 0 Å². The van der Waals surface area contributed by atoms with Crippen LogP contribution in [0.15, 0.2) is 16.7 Å². The molecule has 0 spiro atoms. The molecule has 0 aromatic carbocycles. The largest absolute Gasteiger partial charge is 0.369 e. The maximum atomic E-state index is 6.04. The average Bonchev–Trinajstić information content (AvgIpc) is 2.80. The lowest BCUT2D eigenvalue weighted by molar-refractivity contribution is 0.419. The molecule has 0 radical (unpaired) electrons. The smallest absolute Gasteiger partial charge is 0.202 e. The van der Waals surface area contributed by atoms with Crippen LogP contribution >= 0.6 is 15.9 Å². The Balaban J connectivity index is 2.18. The van der Waals surface area contributed by atoms with Gasteiger partial charge in [-0.25, -0.2) is 9.97 Å². The molecular weight excluding hydrogens is 280 g/mol. The van der Waals surface area contributed by atoms with Crippen molar-refractivity contribution in [2.24, 2.45) is 5.92 Å². The average molecular weight is 295 g/mol. The zero-order valence-corrected chi connectivity index (χ0v) is 11.3. The number of rotatable bonds is 1. The predicted molar refractivity (Wildman–Crippen MR) is 71.7 cm³/mol. The van der Waals surface area contributed by atoms with E-state index in [1.807, 2.05) is 6.07 Å². The van der Waals surface area contributed by atoms with Gasteiger partial charge in [0.05, 0.1) is 0 Å². The second-order valence-corrected chi connectivity index (χ2v) is 5.73. The van der Waals surface area contributed by atoms with Crippen LogP contribution < -0.4 is 5.73 Å². The summed E-state index contributed by atoms with van der Waals surface area (Å²) >= 11 is 3.41. The highest BCUT2D eigenvalue weighted by atomic mass is 79.9. The Morgan fingerprint density at radius 3 is 3.00 bits per heavy atom. The van der Waals surface area contributed by atoms with Crippen LogP contribution in [0.2, 0.25) is 0 Å². The van der Waals surface area contributed by atoms with Gasteiger partial charge in [-0.15, -0.1) is 0 Å². The van der Waals surface area contributed by atoms with Crippen LogP contribution in [0.4, 0.5) is 5.95 Å². The third-order valence-electron chi connectivity index (χ3n) is 3.67. The predicted octanol–water partition coefficient (Wildman–Crippen LogP) is 3.14. The number of fused-ring (bicyclic) bond motifs is 1. The van der Waals surface area contributed by atoms with Crippen molar-refractivity contribution in [2.45, 2.75) is 32.2 Å². The molecule has 3 rings (SSSR count). The quantitative estimate of drug-likeness (QED) is 0.879. The molecule has 0 aliphatic heterocycles. The molecule has 2 aromatic rings. The Morgan fingerprint density at radius 1 is 1.47 bits per heavy atom. The summed E-state index contributed by atoms with van der Waals surface area (Å²) < 4.78 is 3.05. The van der Waals surface area contributed by atoms with Gasteiger partial charge in [-0.1, -0.05) is 13.3 Å². The van der Waals surface area contributed by atoms with Crippen molar-refractivity contribution in [1.29, 1.82) is 0 Å². The van der Waals surface area contributed by atoms with Crippen LogP contribution in [0.25, 0.3) is 11.2 Å². The van der Waals surface area contributed by atoms with Crippen LogP contribution in [0.1, 0.15) is 32.2 Å². The van der Waals surface area contributed by atoms with Gasteiger partial charge in [-0.2, -0.15) is 0 Å². The summed E-state index contributed by atoms with van der Waals surface area (Å²) in [5.74, 6) is 1.24. The van der Waals surface area contributed by atoms with E-state index in [4.69, 9.17) is 5.73 Å². The Kier molecular flexibility index (Phi) is 2.58. The van der Waals surface area contributed by atoms with E-state index in [-0.39, 0.29) is 0 Å². The standard InChI is InChI=1S/C12H15BrN4/c1-7-3-2-4-10(7)17-11-9(16-12(17)14)5-8(13)6-15-11/h5-7,10H,2-4H2,1H3,(H2,14,16). The summed E-state index contributed by atoms with van der Waals surface area (Å²) in [6.07, 6.45) is 5.51. The number of nitrogen functional groups attached to an aromatic ring is 1. The summed E-state index contributed by atoms with van der Waals surface area (Å²) in [6, 6.07) is 2.42. The molecule has 2 unspecified atom stereocenters. The number of hydrogen-bond acceptors (Lipinski definition) is 3. The highest BCUT2D eigenvalue weighted by Crippen LogP contribution is 2.38. The van der Waals surface area contributed by atoms with Crippen molar-refractivity contribution in [2.75, 3.05) is 5.73 Å². The Hall–Kier alpha value is -1.10. The van der Waals surface area contributed by atoms with E-state index in [2.05, 4.69) is 37.4 Å². The topological polar surface area (TPSA) is 56.7 Å². The number of anilines is 1. The number of hydrogen-bond donors (Lipinski definition) is 1. The third kappa shape index (κ3) is 1.73. The molecule has 5 heteroatoms. The van der Waals surface area contributed by atoms with Crippen LogP contribution in [0.5, 0.6) is 0 Å². The number of imidazole rings is 1. The number of aromatic nitrogens is 3. The first-order valence-corrected chi connectivity index (χ1v) is 6.75. The van der Waals surface area contributed by atoms with E-state index < -0.39 is 0 Å². The summed E-state index contributed by atoms with van der Waals surface area (Å²) in [7, 11) is 0. The number of pyridine rings is 1. The fourth-order valence-corrected chi connectivity index (χ4v) is 3.13. The minimum absolute atomic E-state index is 0.452. The molecule has 2 N–H and O–H groups in total. The molecule has 1 saturated carbocycles. The van der Waals surface area contributed by atoms with E-state index in [0.717, 1.165) is 15.6 Å². The Morgan fingerprint density at radius 2 is 2.29 bits per heavy atom. The van der Waals surface area contributed by atoms with Gasteiger partial charge in [0.25, 0.3) is 0 Å². The van der Waals surface area contributed by atoms with E-state index in [9.17, 15) is 0 Å². The van der Waals surface area contributed by atoms with Crippen molar-refractivity contribution in [3.05, 3.63) is 16.7 Å². The highest BCUT2D eigenvalue weighted by molar-refractivity contribution is 9.10. The lowest BCUT2D eigenvalue weighted by Gasteiger charge is -2.18. The van der Waals surface area contributed by atoms with E-state index in [0.29, 0.717) is 17.9 Å². The van der Waals surface area contributed by atoms with Gasteiger partial charge in [0.2, 0.25) is 5.95 Å². The molecular formula is C12H15BrN4. The minimum Gasteiger partial charge on any atom is -0.369 e. The molecule has 1 aliphatic rings. The minimum atomic E-state index is 0.452. The fraction of sp³-hybridized carbons (Fsp3) is 0.500. The first kappa shape index (κ1) is 11.0. The van der Waals surface area contributed by atoms with Crippen molar-refractivity contribution >= 4 is 33.0 Å². The molecule has 17 heavy (non-hydrogen) atoms. The van der Waals surface area contributed by atoms with Crippen LogP contribution in [0, 0.1) is 5.92 Å². The molecule has 1 aliphatic carbocycles. The molecule has 4 nitrogen and oxygen atoms in total. The van der Waals surface area contributed by atoms with Crippen molar-refractivity contribution in [3.8, 4) is 0 Å². The lowest BCUT2D eigenvalue weighted by Crippen LogP contribution is -2.14. The van der Waals surface area contributed by atoms with Crippen molar-refractivity contribution in [3.63, 3.8) is 0 Å². The highest BCUT2D eigenvalue weighted by Gasteiger charge is 2.28. The summed E-state index contributed by atoms with van der Waals surface area (Å²) in [5.41, 5.74) is 7.82. The van der Waals surface area contributed by atoms with Crippen LogP contribution in [-0.4, -0.2) is 14.5 Å². The van der Waals surface area contributed by atoms with E-state index >= 15 is 0 Å². The molecule has 2 atom stereocenters. The molecule has 0 saturated heterocycles. The summed E-state index contributed by atoms with van der Waals surface area (Å²) in [4.78, 5) is 8.86. The molecule has 2 heterocycles. The number of halogens is 1. The molecule has 0 amide bonds. The zero-order valence-electron chi connectivity index (χ0n) is 9.73. The van der Waals surface area contributed by atoms with E-state index in [1.165, 1.54) is 19.3 Å². The van der Waals surface area contributed by atoms with Gasteiger partial charge in [0.1, 0.15) is 5.52 Å². The fourth-order valence-electron chi connectivity index (χ4n) is 2.81. The molecule has 1 fully saturated rings. The maximum absolute atomic E-state index is 6.04. The maximum Gasteiger partial charge on any atom is 0.202 e. The van der Waals surface area contributed by atoms with Gasteiger partial charge in [0.15, 0.2) is 5.65 Å². The Bertz CT molecular complexity index is 563. The third-order valence-corrected chi connectivity index (χ3v) is 4.11. The number of nitrogens with two attached hydrogens (primary N) is 1. The summed E-state index contributed by atoms with van der Waals surface area (Å²) in [6.45, 7) is 2.28. The molecule has 90 valence electrons. The summed E-state index contributed by atoms with van der Waals surface area (Å²) in [5, 5.41) is 0. The van der Waals surface area contributed by atoms with Gasteiger partial charge < -0.3 is 5.73 Å². The van der Waals surface area contributed by atoms with Gasteiger partial charge in [-0.05, 0) is 40.8 Å². The van der Waals surface area contributed by atoms with Crippen LogP contribution in [0.3, 0.4) is 0 Å². The number of nitrogens with zero attached hydrogens (tertiary/aromatic N) is 3. The normalized spacial score (nSPS) is 24.6. The molecule has 2 aromatic heterocycles. The second-order valence-electron chi connectivity index (χ2n) is 4.81. The van der Waals surface area contributed by atoms with E-state index in [1.54, 1.807) is 6.20 Å².